The van der Waals surface area contributed by atoms with Gasteiger partial charge in [-0.2, -0.15) is 11.8 Å². The quantitative estimate of drug-likeness (QED) is 0.736. The monoisotopic (exact) mass is 229 g/mol. The van der Waals surface area contributed by atoms with E-state index in [1.807, 2.05) is 11.2 Å². The van der Waals surface area contributed by atoms with Crippen LogP contribution >= 0.6 is 11.8 Å². The number of piperidine rings is 1. The summed E-state index contributed by atoms with van der Waals surface area (Å²) in [5.41, 5.74) is 0. The van der Waals surface area contributed by atoms with Gasteiger partial charge in [0.25, 0.3) is 0 Å². The molecule has 0 bridgehead atoms. The van der Waals surface area contributed by atoms with E-state index >= 15 is 0 Å². The van der Waals surface area contributed by atoms with Crippen LogP contribution in [0, 0.1) is 0 Å². The van der Waals surface area contributed by atoms with Gasteiger partial charge in [0, 0.05) is 19.0 Å². The van der Waals surface area contributed by atoms with E-state index in [1.54, 1.807) is 18.7 Å². The third kappa shape index (κ3) is 3.86. The number of rotatable bonds is 4. The van der Waals surface area contributed by atoms with Crippen LogP contribution in [0.15, 0.2) is 0 Å². The van der Waals surface area contributed by atoms with Crippen LogP contribution in [0.4, 0.5) is 0 Å². The second-order valence-corrected chi connectivity index (χ2v) is 4.94. The number of Topliss-reactive ketones (excluding diaryl/α,β-unsaturated/α-hetero) is 1. The molecule has 3 nitrogen and oxygen atoms in total. The molecule has 0 aliphatic carbocycles. The van der Waals surface area contributed by atoms with Crippen molar-refractivity contribution < 1.29 is 9.59 Å². The first kappa shape index (κ1) is 12.6. The van der Waals surface area contributed by atoms with Crippen molar-refractivity contribution in [1.29, 1.82) is 0 Å². The van der Waals surface area contributed by atoms with E-state index in [4.69, 9.17) is 0 Å². The molecule has 1 rings (SSSR count). The molecule has 1 aliphatic heterocycles. The summed E-state index contributed by atoms with van der Waals surface area (Å²) >= 11 is 1.55. The highest BCUT2D eigenvalue weighted by molar-refractivity contribution is 7.99. The van der Waals surface area contributed by atoms with Crippen molar-refractivity contribution in [2.75, 3.05) is 18.6 Å². The number of amides is 1. The molecule has 1 fully saturated rings. The molecule has 1 heterocycles. The largest absolute Gasteiger partial charge is 0.339 e. The Morgan fingerprint density at radius 1 is 1.40 bits per heavy atom. The molecule has 1 saturated heterocycles. The van der Waals surface area contributed by atoms with E-state index in [0.717, 1.165) is 25.8 Å². The second-order valence-electron chi connectivity index (χ2n) is 4.08. The van der Waals surface area contributed by atoms with Crippen LogP contribution in [-0.2, 0) is 9.59 Å². The first-order valence-electron chi connectivity index (χ1n) is 5.43. The lowest BCUT2D eigenvalue weighted by atomic mass is 9.98. The molecule has 1 aliphatic rings. The Morgan fingerprint density at radius 3 is 2.73 bits per heavy atom. The van der Waals surface area contributed by atoms with Gasteiger partial charge < -0.3 is 4.90 Å². The Hall–Kier alpha value is -0.510. The van der Waals surface area contributed by atoms with Gasteiger partial charge in [0.1, 0.15) is 5.78 Å². The average Bonchev–Trinajstić information content (AvgIpc) is 2.18. The lowest BCUT2D eigenvalue weighted by molar-refractivity contribution is -0.133. The van der Waals surface area contributed by atoms with E-state index in [-0.39, 0.29) is 17.7 Å². The third-order valence-electron chi connectivity index (χ3n) is 2.74. The molecular weight excluding hydrogens is 210 g/mol. The van der Waals surface area contributed by atoms with Gasteiger partial charge >= 0.3 is 0 Å². The van der Waals surface area contributed by atoms with Crippen LogP contribution in [-0.4, -0.2) is 41.2 Å². The SMILES string of the molecule is CSCC(=O)N1CCCCC1CC(C)=O. The van der Waals surface area contributed by atoms with Crippen LogP contribution in [0.25, 0.3) is 0 Å². The van der Waals surface area contributed by atoms with Crippen LogP contribution < -0.4 is 0 Å². The van der Waals surface area contributed by atoms with E-state index in [9.17, 15) is 9.59 Å². The third-order valence-corrected chi connectivity index (χ3v) is 3.27. The highest BCUT2D eigenvalue weighted by atomic mass is 32.2. The normalized spacial score (nSPS) is 21.5. The molecule has 15 heavy (non-hydrogen) atoms. The Bertz CT molecular complexity index is 243. The molecule has 1 amide bonds. The zero-order chi connectivity index (χ0) is 11.3. The summed E-state index contributed by atoms with van der Waals surface area (Å²) in [6.45, 7) is 2.43. The average molecular weight is 229 g/mol. The van der Waals surface area contributed by atoms with Gasteiger partial charge in [0.05, 0.1) is 5.75 Å². The second kappa shape index (κ2) is 6.16. The maximum absolute atomic E-state index is 11.8. The van der Waals surface area contributed by atoms with Gasteiger partial charge in [-0.3, -0.25) is 9.59 Å². The van der Waals surface area contributed by atoms with E-state index in [0.29, 0.717) is 12.2 Å². The van der Waals surface area contributed by atoms with E-state index in [1.165, 1.54) is 0 Å². The molecule has 0 aromatic rings. The Labute approximate surface area is 95.6 Å². The molecule has 1 atom stereocenters. The van der Waals surface area contributed by atoms with E-state index < -0.39 is 0 Å². The summed E-state index contributed by atoms with van der Waals surface area (Å²) in [6, 6.07) is 0.163. The van der Waals surface area contributed by atoms with Crippen molar-refractivity contribution in [2.45, 2.75) is 38.6 Å². The number of ketones is 1. The zero-order valence-corrected chi connectivity index (χ0v) is 10.3. The smallest absolute Gasteiger partial charge is 0.232 e. The van der Waals surface area contributed by atoms with Crippen molar-refractivity contribution >= 4 is 23.5 Å². The topological polar surface area (TPSA) is 37.4 Å². The molecule has 86 valence electrons. The van der Waals surface area contributed by atoms with Gasteiger partial charge in [0.15, 0.2) is 0 Å². The highest BCUT2D eigenvalue weighted by Gasteiger charge is 2.26. The lowest BCUT2D eigenvalue weighted by Crippen LogP contribution is -2.45. The molecule has 0 saturated carbocycles. The number of carbonyl (C=O) groups excluding carboxylic acids is 2. The number of thioether (sulfide) groups is 1. The molecule has 0 aromatic carbocycles. The number of likely N-dealkylation sites (tertiary alicyclic amines) is 1. The molecule has 0 radical (unpaired) electrons. The minimum Gasteiger partial charge on any atom is -0.339 e. The van der Waals surface area contributed by atoms with Gasteiger partial charge in [-0.15, -0.1) is 0 Å². The Morgan fingerprint density at radius 2 is 2.13 bits per heavy atom. The number of carbonyl (C=O) groups is 2. The number of hydrogen-bond acceptors (Lipinski definition) is 3. The number of hydrogen-bond donors (Lipinski definition) is 0. The predicted molar refractivity (Wildman–Crippen MR) is 63.0 cm³/mol. The molecule has 4 heteroatoms. The van der Waals surface area contributed by atoms with Crippen LogP contribution in [0.5, 0.6) is 0 Å². The maximum atomic E-state index is 11.8. The number of nitrogens with zero attached hydrogens (tertiary/aromatic N) is 1. The lowest BCUT2D eigenvalue weighted by Gasteiger charge is -2.35. The standard InChI is InChI=1S/C11H19NO2S/c1-9(13)7-10-5-3-4-6-12(10)11(14)8-15-2/h10H,3-8H2,1-2H3. The Balaban J connectivity index is 2.56. The van der Waals surface area contributed by atoms with Crippen molar-refractivity contribution in [3.8, 4) is 0 Å². The van der Waals surface area contributed by atoms with Crippen molar-refractivity contribution in [3.05, 3.63) is 0 Å². The fraction of sp³-hybridized carbons (Fsp3) is 0.818. The van der Waals surface area contributed by atoms with Crippen molar-refractivity contribution in [1.82, 2.24) is 4.90 Å². The summed E-state index contributed by atoms with van der Waals surface area (Å²) in [5, 5.41) is 0. The van der Waals surface area contributed by atoms with Gasteiger partial charge in [-0.25, -0.2) is 0 Å². The van der Waals surface area contributed by atoms with Crippen LogP contribution in [0.1, 0.15) is 32.6 Å². The van der Waals surface area contributed by atoms with Gasteiger partial charge in [-0.1, -0.05) is 0 Å². The first-order chi connectivity index (χ1) is 7.15. The fourth-order valence-electron chi connectivity index (χ4n) is 2.08. The fourth-order valence-corrected chi connectivity index (χ4v) is 2.49. The minimum atomic E-state index is 0.163. The first-order valence-corrected chi connectivity index (χ1v) is 6.82. The zero-order valence-electron chi connectivity index (χ0n) is 9.49. The maximum Gasteiger partial charge on any atom is 0.232 e. The van der Waals surface area contributed by atoms with Crippen LogP contribution in [0.3, 0.4) is 0 Å². The van der Waals surface area contributed by atoms with Gasteiger partial charge in [0.2, 0.25) is 5.91 Å². The molecule has 0 N–H and O–H groups in total. The summed E-state index contributed by atoms with van der Waals surface area (Å²) in [5.74, 6) is 0.909. The van der Waals surface area contributed by atoms with Crippen LogP contribution in [0.2, 0.25) is 0 Å². The Kier molecular flexibility index (Phi) is 5.15. The summed E-state index contributed by atoms with van der Waals surface area (Å²) < 4.78 is 0. The highest BCUT2D eigenvalue weighted by Crippen LogP contribution is 2.20. The van der Waals surface area contributed by atoms with Gasteiger partial charge in [-0.05, 0) is 32.4 Å². The molecule has 0 aromatic heterocycles. The summed E-state index contributed by atoms with van der Waals surface area (Å²) in [4.78, 5) is 24.8. The molecule has 0 spiro atoms. The molecular formula is C11H19NO2S. The summed E-state index contributed by atoms with van der Waals surface area (Å²) in [7, 11) is 0. The van der Waals surface area contributed by atoms with Crippen molar-refractivity contribution in [3.63, 3.8) is 0 Å². The minimum absolute atomic E-state index is 0.163. The molecule has 1 unspecified atom stereocenters. The predicted octanol–water partition coefficient (Wildman–Crippen LogP) is 1.71. The summed E-state index contributed by atoms with van der Waals surface area (Å²) in [6.07, 6.45) is 5.66. The van der Waals surface area contributed by atoms with Crippen molar-refractivity contribution in [2.24, 2.45) is 0 Å². The van der Waals surface area contributed by atoms with E-state index in [2.05, 4.69) is 0 Å².